The fourth-order valence-electron chi connectivity index (χ4n) is 1.77. The fraction of sp³-hybridized carbons (Fsp3) is 0.308. The number of rotatable bonds is 5. The Morgan fingerprint density at radius 3 is 2.84 bits per heavy atom. The van der Waals surface area contributed by atoms with E-state index in [9.17, 15) is 9.59 Å². The minimum atomic E-state index is -1.34. The van der Waals surface area contributed by atoms with E-state index in [1.165, 1.54) is 6.07 Å². The summed E-state index contributed by atoms with van der Waals surface area (Å²) in [4.78, 5) is 22.2. The number of hydrogen-bond donors (Lipinski definition) is 1. The standard InChI is InChI=1S/C13H12O6/c1-2-17-12(13(15)16)9(6-14)8-3-4-10-11(5-8)19-7-18-10/h3-5,12H,2,7H2,1H3,(H,15,16). The van der Waals surface area contributed by atoms with Gasteiger partial charge in [0, 0.05) is 6.61 Å². The number of carbonyl (C=O) groups is 1. The zero-order chi connectivity index (χ0) is 13.8. The van der Waals surface area contributed by atoms with Crippen LogP contribution in [0.4, 0.5) is 0 Å². The van der Waals surface area contributed by atoms with Crippen LogP contribution in [0.3, 0.4) is 0 Å². The topological polar surface area (TPSA) is 82.1 Å². The Morgan fingerprint density at radius 1 is 1.47 bits per heavy atom. The van der Waals surface area contributed by atoms with Crippen LogP contribution in [0.25, 0.3) is 5.57 Å². The van der Waals surface area contributed by atoms with Crippen LogP contribution in [0.15, 0.2) is 18.2 Å². The van der Waals surface area contributed by atoms with Gasteiger partial charge in [0.1, 0.15) is 5.94 Å². The molecule has 0 amide bonds. The van der Waals surface area contributed by atoms with Gasteiger partial charge in [0.05, 0.1) is 5.57 Å². The quantitative estimate of drug-likeness (QED) is 0.802. The number of ether oxygens (including phenoxy) is 3. The molecule has 1 N–H and O–H groups in total. The van der Waals surface area contributed by atoms with Gasteiger partial charge in [0.15, 0.2) is 17.6 Å². The van der Waals surface area contributed by atoms with Crippen LogP contribution in [0.2, 0.25) is 0 Å². The molecule has 19 heavy (non-hydrogen) atoms. The molecule has 1 heterocycles. The first-order valence-electron chi connectivity index (χ1n) is 5.66. The largest absolute Gasteiger partial charge is 0.479 e. The molecule has 6 nitrogen and oxygen atoms in total. The molecule has 0 bridgehead atoms. The minimum absolute atomic E-state index is 0.0762. The number of carboxylic acid groups (broad SMARTS) is 1. The second kappa shape index (κ2) is 5.56. The summed E-state index contributed by atoms with van der Waals surface area (Å²) in [6.07, 6.45) is -1.34. The van der Waals surface area contributed by atoms with Crippen LogP contribution < -0.4 is 9.47 Å². The average Bonchev–Trinajstić information content (AvgIpc) is 2.85. The zero-order valence-electron chi connectivity index (χ0n) is 10.2. The molecule has 0 radical (unpaired) electrons. The third-order valence-corrected chi connectivity index (χ3v) is 2.61. The van der Waals surface area contributed by atoms with Crippen molar-refractivity contribution in [2.75, 3.05) is 13.4 Å². The summed E-state index contributed by atoms with van der Waals surface area (Å²) in [5, 5.41) is 9.08. The summed E-state index contributed by atoms with van der Waals surface area (Å²) in [7, 11) is 0. The lowest BCUT2D eigenvalue weighted by Gasteiger charge is -2.13. The van der Waals surface area contributed by atoms with E-state index in [4.69, 9.17) is 19.3 Å². The van der Waals surface area contributed by atoms with Gasteiger partial charge in [-0.15, -0.1) is 0 Å². The van der Waals surface area contributed by atoms with E-state index in [0.29, 0.717) is 17.1 Å². The Kier molecular flexibility index (Phi) is 3.85. The van der Waals surface area contributed by atoms with E-state index in [1.807, 2.05) is 0 Å². The van der Waals surface area contributed by atoms with Crippen LogP contribution in [-0.4, -0.2) is 36.5 Å². The summed E-state index contributed by atoms with van der Waals surface area (Å²) in [5.74, 6) is 1.42. The summed E-state index contributed by atoms with van der Waals surface area (Å²) < 4.78 is 15.4. The van der Waals surface area contributed by atoms with E-state index in [2.05, 4.69) is 0 Å². The number of fused-ring (bicyclic) bond motifs is 1. The average molecular weight is 264 g/mol. The lowest BCUT2D eigenvalue weighted by Crippen LogP contribution is -2.25. The molecule has 0 saturated carbocycles. The van der Waals surface area contributed by atoms with E-state index >= 15 is 0 Å². The molecule has 1 aromatic rings. The monoisotopic (exact) mass is 264 g/mol. The Bertz CT molecular complexity index is 544. The summed E-state index contributed by atoms with van der Waals surface area (Å²) in [6, 6.07) is 4.72. The first-order valence-corrected chi connectivity index (χ1v) is 5.66. The maximum atomic E-state index is 11.1. The van der Waals surface area contributed by atoms with Gasteiger partial charge in [-0.25, -0.2) is 9.59 Å². The number of carbonyl (C=O) groups excluding carboxylic acids is 1. The van der Waals surface area contributed by atoms with E-state index < -0.39 is 12.1 Å². The summed E-state index contributed by atoms with van der Waals surface area (Å²) in [5.41, 5.74) is 0.313. The predicted octanol–water partition coefficient (Wildman–Crippen LogP) is 1.12. The zero-order valence-corrected chi connectivity index (χ0v) is 10.2. The second-order valence-corrected chi connectivity index (χ2v) is 3.76. The normalized spacial score (nSPS) is 13.7. The smallest absolute Gasteiger partial charge is 0.338 e. The highest BCUT2D eigenvalue weighted by atomic mass is 16.7. The Balaban J connectivity index is 2.36. The first-order chi connectivity index (χ1) is 9.17. The Labute approximate surface area is 109 Å². The van der Waals surface area contributed by atoms with Crippen LogP contribution in [-0.2, 0) is 14.3 Å². The maximum absolute atomic E-state index is 11.1. The highest BCUT2D eigenvalue weighted by molar-refractivity contribution is 6.00. The fourth-order valence-corrected chi connectivity index (χ4v) is 1.77. The molecular formula is C13H12O6. The lowest BCUT2D eigenvalue weighted by atomic mass is 10.0. The van der Waals surface area contributed by atoms with Gasteiger partial charge >= 0.3 is 5.97 Å². The maximum Gasteiger partial charge on any atom is 0.338 e. The van der Waals surface area contributed by atoms with E-state index in [0.717, 1.165) is 0 Å². The molecule has 6 heteroatoms. The summed E-state index contributed by atoms with van der Waals surface area (Å²) >= 11 is 0. The molecule has 0 aromatic heterocycles. The number of carboxylic acids is 1. The molecule has 1 aliphatic heterocycles. The molecule has 100 valence electrons. The molecule has 0 fully saturated rings. The van der Waals surface area contributed by atoms with Gasteiger partial charge in [0.2, 0.25) is 6.79 Å². The molecule has 0 aliphatic carbocycles. The van der Waals surface area contributed by atoms with Crippen molar-refractivity contribution >= 4 is 17.5 Å². The third kappa shape index (κ3) is 2.59. The predicted molar refractivity (Wildman–Crippen MR) is 64.7 cm³/mol. The molecule has 1 unspecified atom stereocenters. The van der Waals surface area contributed by atoms with Crippen molar-refractivity contribution in [3.63, 3.8) is 0 Å². The number of benzene rings is 1. The van der Waals surface area contributed by atoms with Crippen molar-refractivity contribution in [2.45, 2.75) is 13.0 Å². The van der Waals surface area contributed by atoms with E-state index in [1.54, 1.807) is 25.0 Å². The molecule has 0 saturated heterocycles. The van der Waals surface area contributed by atoms with Crippen molar-refractivity contribution in [2.24, 2.45) is 0 Å². The Morgan fingerprint density at radius 2 is 2.21 bits per heavy atom. The first kappa shape index (κ1) is 13.1. The van der Waals surface area contributed by atoms with Crippen molar-refractivity contribution < 1.29 is 28.9 Å². The van der Waals surface area contributed by atoms with Gasteiger partial charge < -0.3 is 19.3 Å². The highest BCUT2D eigenvalue weighted by Gasteiger charge is 2.26. The van der Waals surface area contributed by atoms with Crippen LogP contribution in [0.1, 0.15) is 12.5 Å². The lowest BCUT2D eigenvalue weighted by molar-refractivity contribution is -0.146. The highest BCUT2D eigenvalue weighted by Crippen LogP contribution is 2.34. The van der Waals surface area contributed by atoms with Crippen LogP contribution in [0, 0.1) is 0 Å². The molecule has 1 atom stereocenters. The molecular weight excluding hydrogens is 252 g/mol. The molecule has 1 aromatic carbocycles. The van der Waals surface area contributed by atoms with Crippen molar-refractivity contribution in [3.8, 4) is 11.5 Å². The van der Waals surface area contributed by atoms with Crippen molar-refractivity contribution in [1.29, 1.82) is 0 Å². The third-order valence-electron chi connectivity index (χ3n) is 2.61. The van der Waals surface area contributed by atoms with Crippen molar-refractivity contribution in [3.05, 3.63) is 23.8 Å². The van der Waals surface area contributed by atoms with Gasteiger partial charge in [0.25, 0.3) is 0 Å². The number of hydrogen-bond acceptors (Lipinski definition) is 5. The molecule has 2 rings (SSSR count). The van der Waals surface area contributed by atoms with Crippen LogP contribution >= 0.6 is 0 Å². The van der Waals surface area contributed by atoms with Gasteiger partial charge in [-0.2, -0.15) is 0 Å². The van der Waals surface area contributed by atoms with Crippen LogP contribution in [0.5, 0.6) is 11.5 Å². The van der Waals surface area contributed by atoms with Gasteiger partial charge in [-0.05, 0) is 30.7 Å². The summed E-state index contributed by atoms with van der Waals surface area (Å²) in [6.45, 7) is 1.93. The second-order valence-electron chi connectivity index (χ2n) is 3.76. The Hall–Kier alpha value is -2.30. The van der Waals surface area contributed by atoms with E-state index in [-0.39, 0.29) is 19.0 Å². The van der Waals surface area contributed by atoms with Gasteiger partial charge in [-0.1, -0.05) is 0 Å². The number of aliphatic carboxylic acids is 1. The van der Waals surface area contributed by atoms with Crippen molar-refractivity contribution in [1.82, 2.24) is 0 Å². The van der Waals surface area contributed by atoms with Gasteiger partial charge in [-0.3, -0.25) is 0 Å². The molecule has 0 spiro atoms. The minimum Gasteiger partial charge on any atom is -0.479 e. The SMILES string of the molecule is CCOC(C(=O)O)C(=C=O)c1ccc2c(c1)OCO2. The molecule has 1 aliphatic rings.